The molecule has 3 saturated heterocycles. The lowest BCUT2D eigenvalue weighted by molar-refractivity contribution is -0.119. The van der Waals surface area contributed by atoms with E-state index in [1.165, 1.54) is 16.4 Å². The summed E-state index contributed by atoms with van der Waals surface area (Å²) in [6.07, 6.45) is 2.73. The van der Waals surface area contributed by atoms with Gasteiger partial charge in [0.15, 0.2) is 0 Å². The van der Waals surface area contributed by atoms with Gasteiger partial charge in [0.1, 0.15) is 5.82 Å². The summed E-state index contributed by atoms with van der Waals surface area (Å²) in [5, 5.41) is 6.80. The minimum absolute atomic E-state index is 0.113. The van der Waals surface area contributed by atoms with Crippen LogP contribution in [0.3, 0.4) is 0 Å². The average molecular weight is 642 g/mol. The van der Waals surface area contributed by atoms with Crippen LogP contribution in [-0.2, 0) is 37.9 Å². The third kappa shape index (κ3) is 6.58. The molecule has 14 heteroatoms. The van der Waals surface area contributed by atoms with E-state index in [9.17, 15) is 22.0 Å². The summed E-state index contributed by atoms with van der Waals surface area (Å²) < 4.78 is 65.2. The second kappa shape index (κ2) is 12.9. The lowest BCUT2D eigenvalue weighted by Gasteiger charge is -2.44. The molecule has 0 aromatic heterocycles. The number of carbonyl (C=O) groups excluding carboxylic acids is 1. The minimum atomic E-state index is -3.39. The van der Waals surface area contributed by atoms with Gasteiger partial charge in [-0.2, -0.15) is 4.31 Å². The number of halogens is 2. The lowest BCUT2D eigenvalue weighted by atomic mass is 9.68. The van der Waals surface area contributed by atoms with Crippen molar-refractivity contribution >= 4 is 44.5 Å². The first-order valence-corrected chi connectivity index (χ1v) is 17.2. The molecule has 0 radical (unpaired) electrons. The van der Waals surface area contributed by atoms with Gasteiger partial charge in [-0.1, -0.05) is 29.8 Å². The molecule has 10 nitrogen and oxygen atoms in total. The zero-order valence-corrected chi connectivity index (χ0v) is 25.6. The number of sulfonamides is 1. The van der Waals surface area contributed by atoms with Crippen LogP contribution in [0.4, 0.5) is 10.1 Å². The third-order valence-electron chi connectivity index (χ3n) is 9.00. The molecular weight excluding hydrogens is 605 g/mol. The largest absolute Gasteiger partial charge is 0.324 e. The smallest absolute Gasteiger partial charge is 0.242 e. The van der Waals surface area contributed by atoms with Crippen LogP contribution in [0.5, 0.6) is 0 Å². The van der Waals surface area contributed by atoms with Crippen LogP contribution >= 0.6 is 11.6 Å². The first-order chi connectivity index (χ1) is 20.0. The Morgan fingerprint density at radius 2 is 1.95 bits per heavy atom. The number of hydrogen-bond donors (Lipinski definition) is 4. The van der Waals surface area contributed by atoms with Gasteiger partial charge in [-0.25, -0.2) is 21.3 Å². The monoisotopic (exact) mass is 641 g/mol. The van der Waals surface area contributed by atoms with Crippen molar-refractivity contribution in [2.24, 2.45) is 5.73 Å². The fraction of sp³-hybridized carbons (Fsp3) is 0.536. The van der Waals surface area contributed by atoms with Crippen LogP contribution in [0.2, 0.25) is 5.02 Å². The number of piperazine rings is 1. The Labute approximate surface area is 253 Å². The standard InChI is InChI=1S/C28H37ClFN5O5S2/c29-20-8-6-19(7-9-20)28(12-14-34(15-13-28)41(37)38)26(31)27(36)33-25-5-1-4-24(30)23(25)11-10-22-17-32-21-3-2-16-42(39,40)35(22)18-21/h1,4-9,21-22,26,32H,2-3,10-18,31H2,(H,33,36)(H,37,38)/t21-,22+,26-/m1/s1. The van der Waals surface area contributed by atoms with Gasteiger partial charge >= 0.3 is 0 Å². The summed E-state index contributed by atoms with van der Waals surface area (Å²) in [6, 6.07) is 10.3. The Kier molecular flexibility index (Phi) is 9.70. The van der Waals surface area contributed by atoms with Gasteiger partial charge in [-0.15, -0.1) is 0 Å². The van der Waals surface area contributed by atoms with E-state index in [0.717, 1.165) is 12.0 Å². The average Bonchev–Trinajstić information content (AvgIpc) is 3.08. The van der Waals surface area contributed by atoms with E-state index in [1.807, 2.05) is 12.1 Å². The highest BCUT2D eigenvalue weighted by Crippen LogP contribution is 2.39. The Morgan fingerprint density at radius 1 is 1.24 bits per heavy atom. The van der Waals surface area contributed by atoms with E-state index in [1.54, 1.807) is 22.5 Å². The quantitative estimate of drug-likeness (QED) is 0.324. The number of nitrogens with zero attached hydrogens (tertiary/aromatic N) is 2. The molecule has 3 heterocycles. The highest BCUT2D eigenvalue weighted by Gasteiger charge is 2.45. The zero-order valence-electron chi connectivity index (χ0n) is 23.2. The lowest BCUT2D eigenvalue weighted by Crippen LogP contribution is -2.57. The molecule has 42 heavy (non-hydrogen) atoms. The predicted molar refractivity (Wildman–Crippen MR) is 161 cm³/mol. The maximum Gasteiger partial charge on any atom is 0.242 e. The van der Waals surface area contributed by atoms with Crippen molar-refractivity contribution in [3.63, 3.8) is 0 Å². The second-order valence-electron chi connectivity index (χ2n) is 11.4. The summed E-state index contributed by atoms with van der Waals surface area (Å²) in [7, 11) is -3.39. The van der Waals surface area contributed by atoms with Crippen molar-refractivity contribution in [2.75, 3.05) is 37.2 Å². The minimum Gasteiger partial charge on any atom is -0.324 e. The van der Waals surface area contributed by atoms with Crippen LogP contribution in [0, 0.1) is 5.82 Å². The van der Waals surface area contributed by atoms with E-state index in [4.69, 9.17) is 17.3 Å². The third-order valence-corrected chi connectivity index (χ3v) is 12.0. The van der Waals surface area contributed by atoms with Crippen molar-refractivity contribution in [1.29, 1.82) is 0 Å². The van der Waals surface area contributed by atoms with Gasteiger partial charge in [0.05, 0.1) is 11.8 Å². The summed E-state index contributed by atoms with van der Waals surface area (Å²) in [5.74, 6) is -0.886. The van der Waals surface area contributed by atoms with Crippen LogP contribution in [-0.4, -0.2) is 81.8 Å². The summed E-state index contributed by atoms with van der Waals surface area (Å²) in [5.41, 5.74) is 7.19. The van der Waals surface area contributed by atoms with Gasteiger partial charge in [0.25, 0.3) is 0 Å². The molecule has 2 aromatic rings. The van der Waals surface area contributed by atoms with Gasteiger partial charge in [-0.05, 0) is 68.4 Å². The molecule has 0 spiro atoms. The van der Waals surface area contributed by atoms with Crippen molar-refractivity contribution in [1.82, 2.24) is 13.9 Å². The molecule has 3 aliphatic heterocycles. The molecule has 230 valence electrons. The van der Waals surface area contributed by atoms with Crippen LogP contribution < -0.4 is 16.4 Å². The van der Waals surface area contributed by atoms with Crippen molar-refractivity contribution in [3.05, 3.63) is 64.4 Å². The van der Waals surface area contributed by atoms with Crippen molar-refractivity contribution < 1.29 is 26.4 Å². The molecule has 5 N–H and O–H groups in total. The second-order valence-corrected chi connectivity index (χ2v) is 14.8. The fourth-order valence-corrected chi connectivity index (χ4v) is 8.98. The number of fused-ring (bicyclic) bond motifs is 2. The molecule has 5 atom stereocenters. The van der Waals surface area contributed by atoms with Gasteiger partial charge in [-0.3, -0.25) is 9.35 Å². The Bertz CT molecular complexity index is 1420. The summed E-state index contributed by atoms with van der Waals surface area (Å²) >= 11 is 3.98. The number of nitrogens with one attached hydrogen (secondary N) is 2. The Hall–Kier alpha value is -1.97. The Morgan fingerprint density at radius 3 is 2.64 bits per heavy atom. The van der Waals surface area contributed by atoms with Crippen LogP contribution in [0.15, 0.2) is 42.5 Å². The molecular formula is C28H37ClFN5O5S2. The highest BCUT2D eigenvalue weighted by atomic mass is 35.5. The van der Waals surface area contributed by atoms with E-state index in [-0.39, 0.29) is 43.0 Å². The van der Waals surface area contributed by atoms with Crippen LogP contribution in [0.25, 0.3) is 0 Å². The number of hydrogen-bond acceptors (Lipinski definition) is 6. The fourth-order valence-electron chi connectivity index (χ4n) is 6.55. The molecule has 1 amide bonds. The topological polar surface area (TPSA) is 145 Å². The zero-order chi connectivity index (χ0) is 30.1. The Balaban J connectivity index is 1.35. The molecule has 3 fully saturated rings. The summed E-state index contributed by atoms with van der Waals surface area (Å²) in [4.78, 5) is 13.7. The van der Waals surface area contributed by atoms with Crippen LogP contribution in [0.1, 0.15) is 43.2 Å². The normalized spacial score (nSPS) is 27.0. The van der Waals surface area contributed by atoms with E-state index < -0.39 is 44.5 Å². The maximum absolute atomic E-state index is 15.2. The molecule has 2 bridgehead atoms. The van der Waals surface area contributed by atoms with Crippen molar-refractivity contribution in [3.8, 4) is 0 Å². The molecule has 0 saturated carbocycles. The van der Waals surface area contributed by atoms with Gasteiger partial charge < -0.3 is 16.4 Å². The number of amides is 1. The summed E-state index contributed by atoms with van der Waals surface area (Å²) in [6.45, 7) is 1.42. The maximum atomic E-state index is 15.2. The predicted octanol–water partition coefficient (Wildman–Crippen LogP) is 2.61. The number of benzene rings is 2. The number of piperidine rings is 1. The number of rotatable bonds is 8. The molecule has 3 aliphatic rings. The van der Waals surface area contributed by atoms with Crippen molar-refractivity contribution in [2.45, 2.75) is 62.1 Å². The number of anilines is 1. The van der Waals surface area contributed by atoms with E-state index in [0.29, 0.717) is 49.4 Å². The number of carbonyl (C=O) groups is 1. The van der Waals surface area contributed by atoms with Gasteiger partial charge in [0.2, 0.25) is 27.2 Å². The molecule has 2 unspecified atom stereocenters. The molecule has 2 aromatic carbocycles. The molecule has 5 rings (SSSR count). The first-order valence-electron chi connectivity index (χ1n) is 14.2. The number of nitrogens with two attached hydrogens (primary N) is 1. The molecule has 0 aliphatic carbocycles. The first kappa shape index (κ1) is 31.5. The van der Waals surface area contributed by atoms with E-state index in [2.05, 4.69) is 10.6 Å². The van der Waals surface area contributed by atoms with E-state index >= 15 is 4.39 Å². The highest BCUT2D eigenvalue weighted by molar-refractivity contribution is 7.89. The van der Waals surface area contributed by atoms with Gasteiger partial charge in [0, 0.05) is 60.0 Å². The SMILES string of the molecule is N[C@H](C(=O)Nc1cccc(F)c1CC[C@H]1CN[C@@H]2CCCS(=O)(=O)N1C2)C1(c2ccc(Cl)cc2)CCN(S(=O)O)CC1.